The number of hydrogen-bond donors (Lipinski definition) is 1. The summed E-state index contributed by atoms with van der Waals surface area (Å²) in [5.41, 5.74) is 1.79. The molecule has 2 amide bonds. The van der Waals surface area contributed by atoms with Crippen molar-refractivity contribution >= 4 is 17.5 Å². The molecule has 5 nitrogen and oxygen atoms in total. The number of aromatic nitrogens is 1. The maximum atomic E-state index is 12.9. The summed E-state index contributed by atoms with van der Waals surface area (Å²) in [6, 6.07) is 14.1. The van der Waals surface area contributed by atoms with Gasteiger partial charge in [0.1, 0.15) is 11.7 Å². The Morgan fingerprint density at radius 1 is 1.12 bits per heavy atom. The van der Waals surface area contributed by atoms with Crippen molar-refractivity contribution in [3.8, 4) is 0 Å². The van der Waals surface area contributed by atoms with Crippen LogP contribution in [-0.4, -0.2) is 27.7 Å². The summed E-state index contributed by atoms with van der Waals surface area (Å²) in [5, 5.41) is 2.91. The van der Waals surface area contributed by atoms with Crippen LogP contribution in [-0.2, 0) is 4.79 Å². The van der Waals surface area contributed by atoms with Gasteiger partial charge in [0, 0.05) is 12.4 Å². The van der Waals surface area contributed by atoms with E-state index >= 15 is 0 Å². The summed E-state index contributed by atoms with van der Waals surface area (Å²) in [6.45, 7) is 3.84. The van der Waals surface area contributed by atoms with Crippen molar-refractivity contribution in [1.82, 2.24) is 15.2 Å². The lowest BCUT2D eigenvalue weighted by molar-refractivity contribution is -0.125. The zero-order valence-electron chi connectivity index (χ0n) is 13.6. The normalized spacial score (nSPS) is 17.5. The van der Waals surface area contributed by atoms with E-state index in [-0.39, 0.29) is 17.7 Å². The highest BCUT2D eigenvalue weighted by Gasteiger charge is 2.36. The van der Waals surface area contributed by atoms with Gasteiger partial charge in [-0.1, -0.05) is 50.2 Å². The van der Waals surface area contributed by atoms with Crippen LogP contribution in [0, 0.1) is 5.92 Å². The highest BCUT2D eigenvalue weighted by molar-refractivity contribution is 6.01. The number of nitrogens with one attached hydrogen (secondary N) is 1. The summed E-state index contributed by atoms with van der Waals surface area (Å²) < 4.78 is 0. The smallest absolute Gasteiger partial charge is 0.277 e. The zero-order chi connectivity index (χ0) is 17.1. The first-order valence-corrected chi connectivity index (χ1v) is 7.89. The van der Waals surface area contributed by atoms with Crippen molar-refractivity contribution < 1.29 is 9.59 Å². The Morgan fingerprint density at radius 2 is 1.83 bits per heavy atom. The summed E-state index contributed by atoms with van der Waals surface area (Å²) in [5.74, 6) is -0.487. The molecule has 3 rings (SSSR count). The molecule has 0 radical (unpaired) electrons. The van der Waals surface area contributed by atoms with Crippen LogP contribution in [0.4, 0.5) is 0 Å². The Kier molecular flexibility index (Phi) is 4.42. The molecule has 2 heterocycles. The van der Waals surface area contributed by atoms with E-state index in [0.717, 1.165) is 5.56 Å². The third-order valence-corrected chi connectivity index (χ3v) is 3.93. The Balaban J connectivity index is 2.03. The number of hydrogen-bond acceptors (Lipinski definition) is 3. The lowest BCUT2D eigenvalue weighted by atomic mass is 9.98. The monoisotopic (exact) mass is 321 g/mol. The van der Waals surface area contributed by atoms with Crippen LogP contribution in [0.1, 0.15) is 29.9 Å². The van der Waals surface area contributed by atoms with Gasteiger partial charge in [-0.25, -0.2) is 0 Å². The predicted octanol–water partition coefficient (Wildman–Crippen LogP) is 2.68. The first-order chi connectivity index (χ1) is 11.6. The van der Waals surface area contributed by atoms with Gasteiger partial charge in [-0.2, -0.15) is 0 Å². The molecule has 1 N–H and O–H groups in total. The highest BCUT2D eigenvalue weighted by Crippen LogP contribution is 2.24. The van der Waals surface area contributed by atoms with Crippen molar-refractivity contribution in [1.29, 1.82) is 0 Å². The van der Waals surface area contributed by atoms with E-state index < -0.39 is 6.04 Å². The van der Waals surface area contributed by atoms with Crippen molar-refractivity contribution in [3.63, 3.8) is 0 Å². The molecule has 0 unspecified atom stereocenters. The van der Waals surface area contributed by atoms with E-state index in [1.165, 1.54) is 4.90 Å². The molecule has 1 aromatic carbocycles. The standard InChI is InChI=1S/C19H19N3O2/c1-13(2)17-18(23)21-16(14-8-4-3-5-9-14)12-22(17)19(24)15-10-6-7-11-20-15/h3-13,17H,1-2H3,(H,21,23)/t17-/m1/s1. The number of nitrogens with zero attached hydrogens (tertiary/aromatic N) is 2. The molecule has 0 saturated carbocycles. The van der Waals surface area contributed by atoms with Crippen LogP contribution in [0.3, 0.4) is 0 Å². The van der Waals surface area contributed by atoms with Gasteiger partial charge in [0.15, 0.2) is 0 Å². The molecule has 1 aromatic heterocycles. The summed E-state index contributed by atoms with van der Waals surface area (Å²) in [7, 11) is 0. The zero-order valence-corrected chi connectivity index (χ0v) is 13.6. The molecular weight excluding hydrogens is 302 g/mol. The third kappa shape index (κ3) is 3.06. The first kappa shape index (κ1) is 15.9. The minimum absolute atomic E-state index is 0.0220. The van der Waals surface area contributed by atoms with E-state index in [1.807, 2.05) is 44.2 Å². The van der Waals surface area contributed by atoms with Crippen LogP contribution >= 0.6 is 0 Å². The molecule has 0 aliphatic carbocycles. The van der Waals surface area contributed by atoms with Crippen molar-refractivity contribution in [3.05, 3.63) is 72.2 Å². The fourth-order valence-electron chi connectivity index (χ4n) is 2.78. The van der Waals surface area contributed by atoms with E-state index in [2.05, 4.69) is 10.3 Å². The van der Waals surface area contributed by atoms with E-state index in [4.69, 9.17) is 0 Å². The van der Waals surface area contributed by atoms with Gasteiger partial charge in [-0.3, -0.25) is 19.5 Å². The van der Waals surface area contributed by atoms with Gasteiger partial charge in [0.25, 0.3) is 5.91 Å². The largest absolute Gasteiger partial charge is 0.322 e. The van der Waals surface area contributed by atoms with E-state index in [9.17, 15) is 9.59 Å². The Labute approximate surface area is 141 Å². The van der Waals surface area contributed by atoms with Crippen molar-refractivity contribution in [2.24, 2.45) is 5.92 Å². The molecule has 0 saturated heterocycles. The maximum Gasteiger partial charge on any atom is 0.277 e. The average Bonchev–Trinajstić information content (AvgIpc) is 2.61. The number of rotatable bonds is 3. The molecule has 1 atom stereocenters. The molecule has 1 aliphatic heterocycles. The van der Waals surface area contributed by atoms with Crippen LogP contribution in [0.15, 0.2) is 60.9 Å². The number of amides is 2. The SMILES string of the molecule is CC(C)[C@@H]1C(=O)NC(c2ccccc2)=CN1C(=O)c1ccccn1. The van der Waals surface area contributed by atoms with Crippen LogP contribution in [0.2, 0.25) is 0 Å². The van der Waals surface area contributed by atoms with Crippen LogP contribution < -0.4 is 5.32 Å². The van der Waals surface area contributed by atoms with Gasteiger partial charge < -0.3 is 5.32 Å². The minimum atomic E-state index is -0.563. The highest BCUT2D eigenvalue weighted by atomic mass is 16.2. The van der Waals surface area contributed by atoms with Gasteiger partial charge in [0.2, 0.25) is 5.91 Å². The van der Waals surface area contributed by atoms with Gasteiger partial charge in [0.05, 0.1) is 5.70 Å². The molecule has 24 heavy (non-hydrogen) atoms. The predicted molar refractivity (Wildman–Crippen MR) is 91.6 cm³/mol. The average molecular weight is 321 g/mol. The van der Waals surface area contributed by atoms with Gasteiger partial charge in [-0.05, 0) is 23.6 Å². The number of carbonyl (C=O) groups is 2. The molecule has 0 bridgehead atoms. The first-order valence-electron chi connectivity index (χ1n) is 7.89. The van der Waals surface area contributed by atoms with Crippen LogP contribution in [0.5, 0.6) is 0 Å². The van der Waals surface area contributed by atoms with E-state index in [1.54, 1.807) is 30.6 Å². The number of pyridine rings is 1. The van der Waals surface area contributed by atoms with Crippen LogP contribution in [0.25, 0.3) is 5.70 Å². The third-order valence-electron chi connectivity index (χ3n) is 3.93. The lowest BCUT2D eigenvalue weighted by Gasteiger charge is -2.35. The van der Waals surface area contributed by atoms with E-state index in [0.29, 0.717) is 11.4 Å². The molecule has 1 aliphatic rings. The Hall–Kier alpha value is -2.95. The number of benzene rings is 1. The van der Waals surface area contributed by atoms with Gasteiger partial charge >= 0.3 is 0 Å². The molecular formula is C19H19N3O2. The molecule has 122 valence electrons. The second-order valence-electron chi connectivity index (χ2n) is 6.01. The summed E-state index contributed by atoms with van der Waals surface area (Å²) >= 11 is 0. The van der Waals surface area contributed by atoms with Gasteiger partial charge in [-0.15, -0.1) is 0 Å². The second kappa shape index (κ2) is 6.66. The maximum absolute atomic E-state index is 12.9. The fraction of sp³-hybridized carbons (Fsp3) is 0.211. The van der Waals surface area contributed by atoms with Crippen molar-refractivity contribution in [2.45, 2.75) is 19.9 Å². The molecule has 0 fully saturated rings. The molecule has 2 aromatic rings. The molecule has 0 spiro atoms. The molecule has 5 heteroatoms. The Morgan fingerprint density at radius 3 is 2.46 bits per heavy atom. The Bertz CT molecular complexity index is 770. The lowest BCUT2D eigenvalue weighted by Crippen LogP contribution is -2.53. The summed E-state index contributed by atoms with van der Waals surface area (Å²) in [6.07, 6.45) is 3.28. The summed E-state index contributed by atoms with van der Waals surface area (Å²) in [4.78, 5) is 31.1. The minimum Gasteiger partial charge on any atom is -0.322 e. The second-order valence-corrected chi connectivity index (χ2v) is 6.01. The fourth-order valence-corrected chi connectivity index (χ4v) is 2.78. The topological polar surface area (TPSA) is 62.3 Å². The quantitative estimate of drug-likeness (QED) is 0.945. The van der Waals surface area contributed by atoms with Crippen molar-refractivity contribution in [2.75, 3.05) is 0 Å². The number of carbonyl (C=O) groups excluding carboxylic acids is 2.